The topological polar surface area (TPSA) is 56.6 Å². The molecule has 0 amide bonds. The first-order valence-electron chi connectivity index (χ1n) is 6.23. The second-order valence-corrected chi connectivity index (χ2v) is 4.60. The number of aliphatic hydroxyl groups is 1. The van der Waals surface area contributed by atoms with Gasteiger partial charge in [0.2, 0.25) is 0 Å². The predicted molar refractivity (Wildman–Crippen MR) is 66.8 cm³/mol. The standard InChI is InChI=1S/C13H15F3N2O2/c14-13(15,16)20-10-5-3-9(4-6-10)11(17)12(19)18-7-1-2-8-18/h3-6,12,17,19H,1-2,7-8H2. The highest BCUT2D eigenvalue weighted by atomic mass is 19.4. The van der Waals surface area contributed by atoms with Gasteiger partial charge >= 0.3 is 6.36 Å². The molecule has 1 aliphatic rings. The fourth-order valence-electron chi connectivity index (χ4n) is 2.15. The highest BCUT2D eigenvalue weighted by molar-refractivity contribution is 6.01. The van der Waals surface area contributed by atoms with Crippen LogP contribution in [0.2, 0.25) is 0 Å². The minimum absolute atomic E-state index is 0.0227. The van der Waals surface area contributed by atoms with Crippen molar-refractivity contribution >= 4 is 5.71 Å². The van der Waals surface area contributed by atoms with Crippen molar-refractivity contribution in [3.63, 3.8) is 0 Å². The number of hydrogen-bond donors (Lipinski definition) is 2. The van der Waals surface area contributed by atoms with Gasteiger partial charge in [0.25, 0.3) is 0 Å². The van der Waals surface area contributed by atoms with Crippen LogP contribution in [-0.2, 0) is 0 Å². The molecule has 0 bridgehead atoms. The lowest BCUT2D eigenvalue weighted by Crippen LogP contribution is -2.39. The predicted octanol–water partition coefficient (Wildman–Crippen LogP) is 2.37. The number of hydrogen-bond acceptors (Lipinski definition) is 4. The largest absolute Gasteiger partial charge is 0.573 e. The van der Waals surface area contributed by atoms with Gasteiger partial charge in [0, 0.05) is 13.1 Å². The molecular formula is C13H15F3N2O2. The van der Waals surface area contributed by atoms with Crippen LogP contribution in [0.3, 0.4) is 0 Å². The molecular weight excluding hydrogens is 273 g/mol. The molecule has 7 heteroatoms. The summed E-state index contributed by atoms with van der Waals surface area (Å²) in [5, 5.41) is 17.9. The van der Waals surface area contributed by atoms with Gasteiger partial charge < -0.3 is 15.3 Å². The van der Waals surface area contributed by atoms with Crippen molar-refractivity contribution in [3.8, 4) is 5.75 Å². The summed E-state index contributed by atoms with van der Waals surface area (Å²) in [6.07, 6.45) is -3.80. The van der Waals surface area contributed by atoms with Crippen molar-refractivity contribution in [2.24, 2.45) is 0 Å². The summed E-state index contributed by atoms with van der Waals surface area (Å²) < 4.78 is 39.8. The quantitative estimate of drug-likeness (QED) is 0.836. The molecule has 1 saturated heterocycles. The maximum absolute atomic E-state index is 12.0. The van der Waals surface area contributed by atoms with Gasteiger partial charge in [-0.05, 0) is 42.7 Å². The molecule has 1 fully saturated rings. The lowest BCUT2D eigenvalue weighted by molar-refractivity contribution is -0.274. The number of nitrogens with zero attached hydrogens (tertiary/aromatic N) is 1. The molecule has 1 unspecified atom stereocenters. The van der Waals surface area contributed by atoms with Gasteiger partial charge in [-0.1, -0.05) is 0 Å². The second kappa shape index (κ2) is 5.80. The van der Waals surface area contributed by atoms with Crippen molar-refractivity contribution in [1.29, 1.82) is 5.41 Å². The minimum Gasteiger partial charge on any atom is -0.406 e. The van der Waals surface area contributed by atoms with Gasteiger partial charge in [0.05, 0.1) is 5.71 Å². The fourth-order valence-corrected chi connectivity index (χ4v) is 2.15. The van der Waals surface area contributed by atoms with Crippen LogP contribution < -0.4 is 4.74 Å². The van der Waals surface area contributed by atoms with E-state index in [2.05, 4.69) is 4.74 Å². The Morgan fingerprint density at radius 1 is 1.20 bits per heavy atom. The van der Waals surface area contributed by atoms with E-state index >= 15 is 0 Å². The number of benzene rings is 1. The molecule has 0 spiro atoms. The minimum atomic E-state index is -4.73. The third-order valence-corrected chi connectivity index (χ3v) is 3.14. The van der Waals surface area contributed by atoms with E-state index in [4.69, 9.17) is 5.41 Å². The van der Waals surface area contributed by atoms with Crippen LogP contribution in [0, 0.1) is 5.41 Å². The third kappa shape index (κ3) is 3.71. The Morgan fingerprint density at radius 3 is 2.25 bits per heavy atom. The Bertz CT molecular complexity index is 467. The summed E-state index contributed by atoms with van der Waals surface area (Å²) in [6.45, 7) is 1.44. The van der Waals surface area contributed by atoms with Gasteiger partial charge in [-0.15, -0.1) is 13.2 Å². The summed E-state index contributed by atoms with van der Waals surface area (Å²) in [5.41, 5.74) is 0.351. The van der Waals surface area contributed by atoms with Crippen LogP contribution in [0.4, 0.5) is 13.2 Å². The normalized spacial score (nSPS) is 18.0. The van der Waals surface area contributed by atoms with Gasteiger partial charge in [-0.25, -0.2) is 0 Å². The number of alkyl halides is 3. The van der Waals surface area contributed by atoms with E-state index in [1.165, 1.54) is 12.1 Å². The van der Waals surface area contributed by atoms with E-state index in [9.17, 15) is 18.3 Å². The first kappa shape index (κ1) is 14.8. The van der Waals surface area contributed by atoms with E-state index in [-0.39, 0.29) is 11.5 Å². The van der Waals surface area contributed by atoms with Crippen molar-refractivity contribution in [3.05, 3.63) is 29.8 Å². The lowest BCUT2D eigenvalue weighted by Gasteiger charge is -2.23. The van der Waals surface area contributed by atoms with Crippen LogP contribution in [0.25, 0.3) is 0 Å². The molecule has 4 nitrogen and oxygen atoms in total. The Balaban J connectivity index is 2.03. The Labute approximate surface area is 114 Å². The maximum atomic E-state index is 12.0. The molecule has 20 heavy (non-hydrogen) atoms. The van der Waals surface area contributed by atoms with Gasteiger partial charge in [0.15, 0.2) is 0 Å². The summed E-state index contributed by atoms with van der Waals surface area (Å²) >= 11 is 0. The molecule has 0 saturated carbocycles. The summed E-state index contributed by atoms with van der Waals surface area (Å²) in [5.74, 6) is -0.343. The highest BCUT2D eigenvalue weighted by Gasteiger charge is 2.31. The number of halogens is 3. The zero-order valence-corrected chi connectivity index (χ0v) is 10.7. The van der Waals surface area contributed by atoms with Crippen LogP contribution >= 0.6 is 0 Å². The number of aliphatic hydroxyl groups excluding tert-OH is 1. The van der Waals surface area contributed by atoms with E-state index in [0.29, 0.717) is 5.56 Å². The molecule has 1 aromatic carbocycles. The van der Waals surface area contributed by atoms with Crippen LogP contribution in [-0.4, -0.2) is 41.4 Å². The average Bonchev–Trinajstić information content (AvgIpc) is 2.90. The van der Waals surface area contributed by atoms with Crippen molar-refractivity contribution in [2.45, 2.75) is 25.4 Å². The first-order valence-corrected chi connectivity index (χ1v) is 6.23. The molecule has 1 atom stereocenters. The molecule has 110 valence electrons. The molecule has 2 rings (SSSR count). The zero-order chi connectivity index (χ0) is 14.8. The van der Waals surface area contributed by atoms with Crippen LogP contribution in [0.5, 0.6) is 5.75 Å². The Morgan fingerprint density at radius 2 is 1.75 bits per heavy atom. The first-order chi connectivity index (χ1) is 9.37. The smallest absolute Gasteiger partial charge is 0.406 e. The number of nitrogens with one attached hydrogen (secondary N) is 1. The van der Waals surface area contributed by atoms with E-state index < -0.39 is 12.6 Å². The zero-order valence-electron chi connectivity index (χ0n) is 10.7. The molecule has 0 aliphatic carbocycles. The summed E-state index contributed by atoms with van der Waals surface area (Å²) in [4.78, 5) is 1.77. The summed E-state index contributed by atoms with van der Waals surface area (Å²) in [7, 11) is 0. The third-order valence-electron chi connectivity index (χ3n) is 3.14. The van der Waals surface area contributed by atoms with Gasteiger partial charge in [0.1, 0.15) is 12.0 Å². The van der Waals surface area contributed by atoms with Gasteiger partial charge in [-0.3, -0.25) is 4.90 Å². The van der Waals surface area contributed by atoms with E-state index in [0.717, 1.165) is 38.1 Å². The monoisotopic (exact) mass is 288 g/mol. The Kier molecular flexibility index (Phi) is 4.29. The van der Waals surface area contributed by atoms with Gasteiger partial charge in [-0.2, -0.15) is 0 Å². The summed E-state index contributed by atoms with van der Waals surface area (Å²) in [6, 6.07) is 4.94. The van der Waals surface area contributed by atoms with E-state index in [1.54, 1.807) is 4.90 Å². The molecule has 1 heterocycles. The van der Waals surface area contributed by atoms with Crippen molar-refractivity contribution in [2.75, 3.05) is 13.1 Å². The van der Waals surface area contributed by atoms with Crippen molar-refractivity contribution in [1.82, 2.24) is 4.90 Å². The SMILES string of the molecule is N=C(c1ccc(OC(F)(F)F)cc1)C(O)N1CCCC1. The number of rotatable bonds is 4. The lowest BCUT2D eigenvalue weighted by atomic mass is 10.1. The average molecular weight is 288 g/mol. The Hall–Kier alpha value is -1.60. The van der Waals surface area contributed by atoms with E-state index in [1.807, 2.05) is 0 Å². The number of likely N-dealkylation sites (tertiary alicyclic amines) is 1. The number of ether oxygens (including phenoxy) is 1. The van der Waals surface area contributed by atoms with Crippen LogP contribution in [0.15, 0.2) is 24.3 Å². The second-order valence-electron chi connectivity index (χ2n) is 4.60. The molecule has 0 aromatic heterocycles. The fraction of sp³-hybridized carbons (Fsp3) is 0.462. The molecule has 2 N–H and O–H groups in total. The van der Waals surface area contributed by atoms with Crippen LogP contribution in [0.1, 0.15) is 18.4 Å². The maximum Gasteiger partial charge on any atom is 0.573 e. The molecule has 1 aliphatic heterocycles. The van der Waals surface area contributed by atoms with Crippen molar-refractivity contribution < 1.29 is 23.0 Å². The highest BCUT2D eigenvalue weighted by Crippen LogP contribution is 2.23. The molecule has 1 aromatic rings. The molecule has 0 radical (unpaired) electrons.